The molecule has 0 aliphatic carbocycles. The van der Waals surface area contributed by atoms with Gasteiger partial charge in [0.1, 0.15) is 0 Å². The van der Waals surface area contributed by atoms with Gasteiger partial charge in [-0.3, -0.25) is 0 Å². The van der Waals surface area contributed by atoms with E-state index in [-0.39, 0.29) is 0 Å². The number of fused-ring (bicyclic) bond motifs is 12. The fourth-order valence-corrected chi connectivity index (χ4v) is 12.2. The van der Waals surface area contributed by atoms with Crippen molar-refractivity contribution in [2.45, 2.75) is 0 Å². The van der Waals surface area contributed by atoms with E-state index in [1.807, 2.05) is 47.7 Å². The van der Waals surface area contributed by atoms with E-state index < -0.39 is 0 Å². The van der Waals surface area contributed by atoms with Crippen molar-refractivity contribution in [1.82, 2.24) is 13.7 Å². The second-order valence-corrected chi connectivity index (χ2v) is 18.5. The molecule has 0 N–H and O–H groups in total. The first-order valence-electron chi connectivity index (χ1n) is 22.7. The number of hydrogen-bond acceptors (Lipinski definition) is 2. The number of benzene rings is 10. The maximum absolute atomic E-state index is 10.9. The van der Waals surface area contributed by atoms with Crippen molar-refractivity contribution in [1.29, 1.82) is 5.26 Å². The summed E-state index contributed by atoms with van der Waals surface area (Å²) in [5, 5.41) is 20.1. The number of nitrogens with zero attached hydrogens (tertiary/aromatic N) is 5. The maximum atomic E-state index is 10.9. The predicted octanol–water partition coefficient (Wildman–Crippen LogP) is 17.1. The first-order chi connectivity index (χ1) is 33.6. The summed E-state index contributed by atoms with van der Waals surface area (Å²) in [4.78, 5) is 3.93. The molecule has 10 aromatic carbocycles. The van der Waals surface area contributed by atoms with Crippen molar-refractivity contribution in [3.63, 3.8) is 0 Å². The molecule has 14 rings (SSSR count). The molecule has 314 valence electrons. The average molecular weight is 882 g/mol. The monoisotopic (exact) mass is 881 g/mol. The van der Waals surface area contributed by atoms with Gasteiger partial charge in [-0.25, -0.2) is 4.85 Å². The molecule has 6 heteroatoms. The average Bonchev–Trinajstić information content (AvgIpc) is 4.15. The third-order valence-electron chi connectivity index (χ3n) is 13.9. The smallest absolute Gasteiger partial charge is 0.197 e. The third-order valence-corrected chi connectivity index (χ3v) is 15.1. The number of aromatic nitrogens is 3. The Morgan fingerprint density at radius 1 is 0.397 bits per heavy atom. The zero-order valence-corrected chi connectivity index (χ0v) is 37.2. The van der Waals surface area contributed by atoms with Gasteiger partial charge < -0.3 is 13.7 Å². The van der Waals surface area contributed by atoms with E-state index >= 15 is 0 Å². The minimum atomic E-state index is 0.581. The molecule has 0 fully saturated rings. The Labute approximate surface area is 394 Å². The zero-order valence-electron chi connectivity index (χ0n) is 36.4. The predicted molar refractivity (Wildman–Crippen MR) is 284 cm³/mol. The van der Waals surface area contributed by atoms with Crippen LogP contribution in [0.1, 0.15) is 5.56 Å². The van der Waals surface area contributed by atoms with Gasteiger partial charge in [-0.15, -0.1) is 11.3 Å². The van der Waals surface area contributed by atoms with Crippen molar-refractivity contribution in [2.75, 3.05) is 0 Å². The number of rotatable bonds is 5. The Bertz CT molecular complexity index is 4490. The molecule has 0 radical (unpaired) electrons. The van der Waals surface area contributed by atoms with Crippen LogP contribution in [-0.2, 0) is 0 Å². The van der Waals surface area contributed by atoms with Crippen LogP contribution in [0, 0.1) is 17.9 Å². The van der Waals surface area contributed by atoms with Gasteiger partial charge in [-0.2, -0.15) is 5.26 Å². The topological polar surface area (TPSA) is 42.9 Å². The lowest BCUT2D eigenvalue weighted by atomic mass is 9.94. The van der Waals surface area contributed by atoms with Crippen LogP contribution in [0.4, 0.5) is 5.69 Å². The fourth-order valence-electron chi connectivity index (χ4n) is 11.0. The molecule has 4 heterocycles. The summed E-state index contributed by atoms with van der Waals surface area (Å²) in [6.45, 7) is 8.05. The highest BCUT2D eigenvalue weighted by Gasteiger charge is 2.21. The highest BCUT2D eigenvalue weighted by molar-refractivity contribution is 7.26. The molecule has 0 unspecified atom stereocenters. The Balaban J connectivity index is 1.04. The van der Waals surface area contributed by atoms with Gasteiger partial charge in [0.15, 0.2) is 5.69 Å². The fraction of sp³-hybridized carbons (Fsp3) is 0. The zero-order chi connectivity index (χ0) is 45.0. The summed E-state index contributed by atoms with van der Waals surface area (Å²) in [5.41, 5.74) is 14.7. The van der Waals surface area contributed by atoms with Crippen molar-refractivity contribution >= 4 is 103 Å². The minimum Gasteiger partial charge on any atom is -0.311 e. The molecule has 0 spiro atoms. The molecule has 0 aliphatic rings. The lowest BCUT2D eigenvalue weighted by Crippen LogP contribution is -1.99. The molecular formula is C62H35N5S. The summed E-state index contributed by atoms with van der Waals surface area (Å²) >= 11 is 1.82. The van der Waals surface area contributed by atoms with E-state index in [4.69, 9.17) is 6.57 Å². The normalized spacial score (nSPS) is 11.8. The molecule has 5 nitrogen and oxygen atoms in total. The SMILES string of the molecule is [C-]#[N+]c1cccc2c1c1ccccc1n2-c1ccc(C#N)c(-c2cc(-c3cccc4c3sc3ccccc34)cc(-n3c4ccccc4c4cc(-n5c6ccccc6c6ccccc65)ccc43)c2)c1. The van der Waals surface area contributed by atoms with Crippen LogP contribution in [0.25, 0.3) is 130 Å². The standard InChI is InChI=1S/C62H35N5S/c1-64-53-21-13-26-59-61(53)50-18-5-10-25-57(50)66(59)41-29-28-38(37-63)51(35-41)40-32-39(44-19-12-20-49-48-17-6-11-27-60(48)68-62(44)49)33-43(34-40)67-56-24-9-4-16-47(56)52-36-42(30-31-58(52)67)65-54-22-7-2-14-45(54)46-15-3-8-23-55(46)65/h2-36H. The molecule has 4 aromatic heterocycles. The van der Waals surface area contributed by atoms with Gasteiger partial charge in [-0.1, -0.05) is 121 Å². The molecule has 0 saturated heterocycles. The second-order valence-electron chi connectivity index (χ2n) is 17.5. The second kappa shape index (κ2) is 14.7. The Hall–Kier alpha value is -9.20. The van der Waals surface area contributed by atoms with Crippen molar-refractivity contribution in [3.05, 3.63) is 229 Å². The molecule has 0 saturated carbocycles. The summed E-state index contributed by atoms with van der Waals surface area (Å²) in [7, 11) is 0. The van der Waals surface area contributed by atoms with Crippen LogP contribution in [-0.4, -0.2) is 13.7 Å². The number of thiophene rings is 1. The Kier molecular flexibility index (Phi) is 8.21. The first kappa shape index (κ1) is 38.1. The largest absolute Gasteiger partial charge is 0.311 e. The molecular weight excluding hydrogens is 847 g/mol. The number of hydrogen-bond donors (Lipinski definition) is 0. The number of para-hydroxylation sites is 4. The molecule has 0 bridgehead atoms. The van der Waals surface area contributed by atoms with Gasteiger partial charge >= 0.3 is 0 Å². The Morgan fingerprint density at radius 2 is 0.912 bits per heavy atom. The minimum absolute atomic E-state index is 0.581. The molecule has 0 atom stereocenters. The molecule has 68 heavy (non-hydrogen) atoms. The van der Waals surface area contributed by atoms with Gasteiger partial charge in [0.25, 0.3) is 0 Å². The lowest BCUT2D eigenvalue weighted by Gasteiger charge is -2.16. The lowest BCUT2D eigenvalue weighted by molar-refractivity contribution is 1.16. The van der Waals surface area contributed by atoms with Crippen LogP contribution < -0.4 is 0 Å². The van der Waals surface area contributed by atoms with E-state index in [0.717, 1.165) is 82.9 Å². The van der Waals surface area contributed by atoms with E-state index in [1.165, 1.54) is 42.0 Å². The van der Waals surface area contributed by atoms with E-state index in [0.29, 0.717) is 11.3 Å². The van der Waals surface area contributed by atoms with Crippen LogP contribution in [0.15, 0.2) is 212 Å². The van der Waals surface area contributed by atoms with Crippen LogP contribution in [0.5, 0.6) is 0 Å². The van der Waals surface area contributed by atoms with Gasteiger partial charge in [0.05, 0.1) is 45.8 Å². The van der Waals surface area contributed by atoms with E-state index in [1.54, 1.807) is 0 Å². The number of nitriles is 1. The highest BCUT2D eigenvalue weighted by atomic mass is 32.1. The quantitative estimate of drug-likeness (QED) is 0.159. The van der Waals surface area contributed by atoms with Crippen LogP contribution >= 0.6 is 11.3 Å². The van der Waals surface area contributed by atoms with E-state index in [9.17, 15) is 5.26 Å². The molecule has 0 aliphatic heterocycles. The summed E-state index contributed by atoms with van der Waals surface area (Å²) in [6.07, 6.45) is 0. The van der Waals surface area contributed by atoms with E-state index in [2.05, 4.69) is 201 Å². The summed E-state index contributed by atoms with van der Waals surface area (Å²) in [5.74, 6) is 0. The van der Waals surface area contributed by atoms with Gasteiger partial charge in [0.2, 0.25) is 0 Å². The summed E-state index contributed by atoms with van der Waals surface area (Å²) in [6, 6.07) is 77.9. The first-order valence-corrected chi connectivity index (χ1v) is 23.5. The van der Waals surface area contributed by atoms with Crippen LogP contribution in [0.3, 0.4) is 0 Å². The van der Waals surface area contributed by atoms with Crippen LogP contribution in [0.2, 0.25) is 0 Å². The van der Waals surface area contributed by atoms with Crippen molar-refractivity contribution in [3.8, 4) is 45.4 Å². The van der Waals surface area contributed by atoms with Gasteiger partial charge in [0, 0.05) is 75.2 Å². The Morgan fingerprint density at radius 3 is 1.62 bits per heavy atom. The van der Waals surface area contributed by atoms with Crippen molar-refractivity contribution in [2.24, 2.45) is 0 Å². The highest BCUT2D eigenvalue weighted by Crippen LogP contribution is 2.45. The van der Waals surface area contributed by atoms with Crippen molar-refractivity contribution < 1.29 is 0 Å². The third kappa shape index (κ3) is 5.47. The summed E-state index contributed by atoms with van der Waals surface area (Å²) < 4.78 is 9.49. The van der Waals surface area contributed by atoms with Gasteiger partial charge in [-0.05, 0) is 113 Å². The molecule has 14 aromatic rings. The maximum Gasteiger partial charge on any atom is 0.197 e. The molecule has 0 amide bonds.